The first-order valence-electron chi connectivity index (χ1n) is 9.04. The van der Waals surface area contributed by atoms with Crippen LogP contribution in [0.15, 0.2) is 76.7 Å². The molecule has 3 aromatic rings. The fourth-order valence-electron chi connectivity index (χ4n) is 2.61. The number of nitrogens with zero attached hydrogens (tertiary/aromatic N) is 1. The molecular weight excluding hydrogens is 424 g/mol. The summed E-state index contributed by atoms with van der Waals surface area (Å²) in [5.74, 6) is 1.05. The molecule has 30 heavy (non-hydrogen) atoms. The lowest BCUT2D eigenvalue weighted by molar-refractivity contribution is 0.284. The molecule has 0 aliphatic heterocycles. The molecule has 0 bridgehead atoms. The number of sulfonamides is 1. The summed E-state index contributed by atoms with van der Waals surface area (Å²) < 4.78 is 35.7. The van der Waals surface area contributed by atoms with Crippen LogP contribution < -0.4 is 14.3 Å². The highest BCUT2D eigenvalue weighted by Crippen LogP contribution is 2.28. The number of ether oxygens (including phenoxy) is 2. The molecule has 0 spiro atoms. The molecule has 0 aliphatic rings. The van der Waals surface area contributed by atoms with Crippen LogP contribution in [0.1, 0.15) is 16.7 Å². The van der Waals surface area contributed by atoms with Gasteiger partial charge in [0.1, 0.15) is 6.61 Å². The molecule has 0 aliphatic carbocycles. The Labute approximate surface area is 181 Å². The van der Waals surface area contributed by atoms with Gasteiger partial charge in [-0.15, -0.1) is 0 Å². The summed E-state index contributed by atoms with van der Waals surface area (Å²) in [7, 11) is -2.20. The molecule has 0 saturated heterocycles. The molecular formula is C22H21ClN2O4S. The van der Waals surface area contributed by atoms with Gasteiger partial charge in [0.15, 0.2) is 11.5 Å². The number of rotatable bonds is 8. The van der Waals surface area contributed by atoms with Crippen LogP contribution in [0.2, 0.25) is 5.02 Å². The summed E-state index contributed by atoms with van der Waals surface area (Å²) in [5.41, 5.74) is 2.55. The van der Waals surface area contributed by atoms with Gasteiger partial charge < -0.3 is 9.47 Å². The molecule has 156 valence electrons. The molecule has 1 N–H and O–H groups in total. The Hall–Kier alpha value is -3.03. The van der Waals surface area contributed by atoms with Crippen molar-refractivity contribution in [3.05, 3.63) is 88.4 Å². The summed E-state index contributed by atoms with van der Waals surface area (Å²) in [6.45, 7) is 2.22. The van der Waals surface area contributed by atoms with E-state index < -0.39 is 10.0 Å². The highest BCUT2D eigenvalue weighted by atomic mass is 35.5. The summed E-state index contributed by atoms with van der Waals surface area (Å²) in [5, 5.41) is 4.49. The number of aryl methyl sites for hydroxylation is 1. The van der Waals surface area contributed by atoms with Crippen LogP contribution >= 0.6 is 11.6 Å². The molecule has 0 radical (unpaired) electrons. The minimum absolute atomic E-state index is 0.146. The van der Waals surface area contributed by atoms with E-state index in [9.17, 15) is 8.42 Å². The number of benzene rings is 3. The SMILES string of the molecule is COc1cc(/C=N\NS(=O)(=O)c2ccc(C)cc2)ccc1OCc1cccc(Cl)c1. The Morgan fingerprint density at radius 1 is 1.03 bits per heavy atom. The molecule has 0 unspecified atom stereocenters. The quantitative estimate of drug-likeness (QED) is 0.408. The highest BCUT2D eigenvalue weighted by molar-refractivity contribution is 7.89. The Bertz CT molecular complexity index is 1150. The number of hydrogen-bond acceptors (Lipinski definition) is 5. The van der Waals surface area contributed by atoms with Gasteiger partial charge in [-0.1, -0.05) is 41.4 Å². The molecule has 0 aromatic heterocycles. The van der Waals surface area contributed by atoms with Crippen LogP contribution in [-0.4, -0.2) is 21.7 Å². The number of hydrogen-bond donors (Lipinski definition) is 1. The second-order valence-electron chi connectivity index (χ2n) is 6.49. The van der Waals surface area contributed by atoms with Crippen LogP contribution in [0.3, 0.4) is 0 Å². The third kappa shape index (κ3) is 5.75. The predicted octanol–water partition coefficient (Wildman–Crippen LogP) is 4.55. The van der Waals surface area contributed by atoms with Crippen molar-refractivity contribution in [2.45, 2.75) is 18.4 Å². The summed E-state index contributed by atoms with van der Waals surface area (Å²) in [4.78, 5) is 2.35. The van der Waals surface area contributed by atoms with E-state index in [1.54, 1.807) is 36.4 Å². The summed E-state index contributed by atoms with van der Waals surface area (Å²) in [6.07, 6.45) is 1.40. The van der Waals surface area contributed by atoms with Crippen molar-refractivity contribution < 1.29 is 17.9 Å². The van der Waals surface area contributed by atoms with Crippen molar-refractivity contribution in [3.8, 4) is 11.5 Å². The Morgan fingerprint density at radius 3 is 2.50 bits per heavy atom. The Morgan fingerprint density at radius 2 is 1.80 bits per heavy atom. The van der Waals surface area contributed by atoms with Crippen LogP contribution in [0.4, 0.5) is 0 Å². The van der Waals surface area contributed by atoms with E-state index in [4.69, 9.17) is 21.1 Å². The zero-order chi connectivity index (χ0) is 21.6. The normalized spacial score (nSPS) is 11.4. The van der Waals surface area contributed by atoms with E-state index in [0.29, 0.717) is 28.7 Å². The van der Waals surface area contributed by atoms with E-state index in [-0.39, 0.29) is 4.90 Å². The third-order valence-corrected chi connectivity index (χ3v) is 5.66. The lowest BCUT2D eigenvalue weighted by Crippen LogP contribution is -2.18. The van der Waals surface area contributed by atoms with E-state index >= 15 is 0 Å². The molecule has 0 saturated carbocycles. The monoisotopic (exact) mass is 444 g/mol. The van der Waals surface area contributed by atoms with Crippen molar-refractivity contribution >= 4 is 27.8 Å². The highest BCUT2D eigenvalue weighted by Gasteiger charge is 2.12. The third-order valence-electron chi connectivity index (χ3n) is 4.19. The van der Waals surface area contributed by atoms with Gasteiger partial charge in [-0.3, -0.25) is 0 Å². The summed E-state index contributed by atoms with van der Waals surface area (Å²) in [6, 6.07) is 19.1. The second kappa shape index (κ2) is 9.65. The zero-order valence-corrected chi connectivity index (χ0v) is 18.1. The molecule has 0 amide bonds. The molecule has 3 rings (SSSR count). The van der Waals surface area contributed by atoms with Crippen LogP contribution in [-0.2, 0) is 16.6 Å². The van der Waals surface area contributed by atoms with Crippen LogP contribution in [0, 0.1) is 6.92 Å². The molecule has 0 atom stereocenters. The van der Waals surface area contributed by atoms with Crippen LogP contribution in [0.25, 0.3) is 0 Å². The van der Waals surface area contributed by atoms with Gasteiger partial charge >= 0.3 is 0 Å². The molecule has 3 aromatic carbocycles. The van der Waals surface area contributed by atoms with Gasteiger partial charge in [-0.25, -0.2) is 4.83 Å². The summed E-state index contributed by atoms with van der Waals surface area (Å²) >= 11 is 5.99. The first kappa shape index (κ1) is 21.7. The number of nitrogens with one attached hydrogen (secondary N) is 1. The van der Waals surface area contributed by atoms with E-state index in [1.165, 1.54) is 25.5 Å². The topological polar surface area (TPSA) is 77.0 Å². The van der Waals surface area contributed by atoms with E-state index in [0.717, 1.165) is 11.1 Å². The Kier molecular flexibility index (Phi) is 6.97. The Balaban J connectivity index is 1.67. The van der Waals surface area contributed by atoms with Crippen LogP contribution in [0.5, 0.6) is 11.5 Å². The number of hydrazone groups is 1. The fraction of sp³-hybridized carbons (Fsp3) is 0.136. The van der Waals surface area contributed by atoms with Gasteiger partial charge in [0, 0.05) is 5.02 Å². The average Bonchev–Trinajstić information content (AvgIpc) is 2.73. The van der Waals surface area contributed by atoms with E-state index in [1.807, 2.05) is 25.1 Å². The maximum absolute atomic E-state index is 12.3. The zero-order valence-electron chi connectivity index (χ0n) is 16.5. The maximum atomic E-state index is 12.3. The van der Waals surface area contributed by atoms with Gasteiger partial charge in [0.05, 0.1) is 18.2 Å². The van der Waals surface area contributed by atoms with Crippen molar-refractivity contribution in [1.29, 1.82) is 0 Å². The smallest absolute Gasteiger partial charge is 0.276 e. The second-order valence-corrected chi connectivity index (χ2v) is 8.59. The minimum atomic E-state index is -3.73. The molecule has 8 heteroatoms. The molecule has 0 heterocycles. The predicted molar refractivity (Wildman–Crippen MR) is 118 cm³/mol. The molecule has 6 nitrogen and oxygen atoms in total. The van der Waals surface area contributed by atoms with Crippen molar-refractivity contribution in [2.24, 2.45) is 5.10 Å². The van der Waals surface area contributed by atoms with E-state index in [2.05, 4.69) is 9.93 Å². The minimum Gasteiger partial charge on any atom is -0.493 e. The number of methoxy groups -OCH3 is 1. The fourth-order valence-corrected chi connectivity index (χ4v) is 3.62. The maximum Gasteiger partial charge on any atom is 0.276 e. The average molecular weight is 445 g/mol. The lowest BCUT2D eigenvalue weighted by atomic mass is 10.2. The van der Waals surface area contributed by atoms with Crippen molar-refractivity contribution in [1.82, 2.24) is 4.83 Å². The van der Waals surface area contributed by atoms with Gasteiger partial charge in [-0.05, 0) is 60.5 Å². The van der Waals surface area contributed by atoms with Gasteiger partial charge in [-0.2, -0.15) is 13.5 Å². The first-order chi connectivity index (χ1) is 14.4. The van der Waals surface area contributed by atoms with Gasteiger partial charge in [0.25, 0.3) is 10.0 Å². The standard InChI is InChI=1S/C22H21ClN2O4S/c1-16-6-9-20(10-7-16)30(26,27)25-24-14-17-8-11-21(22(13-17)28-2)29-15-18-4-3-5-19(23)12-18/h3-14,25H,15H2,1-2H3/b24-14-. The van der Waals surface area contributed by atoms with Crippen molar-refractivity contribution in [3.63, 3.8) is 0 Å². The first-order valence-corrected chi connectivity index (χ1v) is 10.9. The largest absolute Gasteiger partial charge is 0.493 e. The lowest BCUT2D eigenvalue weighted by Gasteiger charge is -2.11. The van der Waals surface area contributed by atoms with Crippen molar-refractivity contribution in [2.75, 3.05) is 7.11 Å². The number of halogens is 1. The molecule has 0 fully saturated rings. The van der Waals surface area contributed by atoms with Gasteiger partial charge in [0.2, 0.25) is 0 Å².